The fourth-order valence-corrected chi connectivity index (χ4v) is 4.61. The zero-order valence-corrected chi connectivity index (χ0v) is 15.8. The molecule has 1 saturated heterocycles. The molecule has 6 heteroatoms. The maximum atomic E-state index is 12.8. The maximum absolute atomic E-state index is 12.8. The first-order valence-corrected chi connectivity index (χ1v) is 8.62. The number of hydrogen-bond acceptors (Lipinski definition) is 4. The van der Waals surface area contributed by atoms with E-state index < -0.39 is 23.6 Å². The topological polar surface area (TPSA) is 72.6 Å². The van der Waals surface area contributed by atoms with Gasteiger partial charge in [0.2, 0.25) is 5.91 Å². The molecule has 128 valence electrons. The van der Waals surface area contributed by atoms with Crippen molar-refractivity contribution >= 4 is 23.8 Å². The summed E-state index contributed by atoms with van der Waals surface area (Å²) >= 11 is 1.81. The molecule has 1 fully saturated rings. The van der Waals surface area contributed by atoms with Gasteiger partial charge in [0.1, 0.15) is 11.6 Å². The third kappa shape index (κ3) is 4.09. The Kier molecular flexibility index (Phi) is 5.17. The first kappa shape index (κ1) is 19.1. The number of primary amides is 1. The van der Waals surface area contributed by atoms with Gasteiger partial charge in [-0.1, -0.05) is 13.8 Å². The highest BCUT2D eigenvalue weighted by molar-refractivity contribution is 8.01. The molecule has 2 atom stereocenters. The van der Waals surface area contributed by atoms with Crippen LogP contribution in [0.1, 0.15) is 55.4 Å². The number of carbonyl (C=O) groups is 2. The largest absolute Gasteiger partial charge is 0.444 e. The van der Waals surface area contributed by atoms with Gasteiger partial charge in [-0.2, -0.15) is 11.8 Å². The van der Waals surface area contributed by atoms with Gasteiger partial charge in [0.25, 0.3) is 0 Å². The van der Waals surface area contributed by atoms with Crippen LogP contribution in [0.5, 0.6) is 0 Å². The molecule has 1 heterocycles. The van der Waals surface area contributed by atoms with Crippen molar-refractivity contribution in [3.05, 3.63) is 0 Å². The third-order valence-electron chi connectivity index (χ3n) is 3.93. The lowest BCUT2D eigenvalue weighted by Crippen LogP contribution is -2.60. The number of thioether (sulfide) groups is 1. The van der Waals surface area contributed by atoms with Gasteiger partial charge in [-0.15, -0.1) is 0 Å². The predicted molar refractivity (Wildman–Crippen MR) is 90.8 cm³/mol. The smallest absolute Gasteiger partial charge is 0.411 e. The third-order valence-corrected chi connectivity index (χ3v) is 5.78. The van der Waals surface area contributed by atoms with Gasteiger partial charge in [0.15, 0.2) is 0 Å². The Balaban J connectivity index is 3.26. The summed E-state index contributed by atoms with van der Waals surface area (Å²) in [6, 6.07) is -0.848. The van der Waals surface area contributed by atoms with Crippen LogP contribution in [-0.4, -0.2) is 45.1 Å². The van der Waals surface area contributed by atoms with E-state index >= 15 is 0 Å². The SMILES string of the molecule is C[C@H](C(N)=O)N(C(=O)OC(C)(C)C)C1C(C)(C)CSC1(C)C. The van der Waals surface area contributed by atoms with Crippen LogP contribution in [0.3, 0.4) is 0 Å². The molecule has 1 aliphatic heterocycles. The molecule has 2 N–H and O–H groups in total. The van der Waals surface area contributed by atoms with Crippen LogP contribution in [0.4, 0.5) is 4.79 Å². The van der Waals surface area contributed by atoms with Crippen LogP contribution >= 0.6 is 11.8 Å². The van der Waals surface area contributed by atoms with Crippen molar-refractivity contribution in [1.29, 1.82) is 0 Å². The Labute approximate surface area is 138 Å². The van der Waals surface area contributed by atoms with Crippen LogP contribution in [0.2, 0.25) is 0 Å². The van der Waals surface area contributed by atoms with Crippen LogP contribution in [0, 0.1) is 5.41 Å². The molecular formula is C16H30N2O3S. The zero-order chi connectivity index (χ0) is 17.5. The Morgan fingerprint density at radius 2 is 1.77 bits per heavy atom. The molecule has 0 bridgehead atoms. The fraction of sp³-hybridized carbons (Fsp3) is 0.875. The number of rotatable bonds is 3. The summed E-state index contributed by atoms with van der Waals surface area (Å²) in [5.74, 6) is 0.393. The van der Waals surface area contributed by atoms with Gasteiger partial charge in [-0.3, -0.25) is 9.69 Å². The van der Waals surface area contributed by atoms with Crippen LogP contribution in [0.15, 0.2) is 0 Å². The lowest BCUT2D eigenvalue weighted by Gasteiger charge is -2.45. The van der Waals surface area contributed by atoms with E-state index in [1.807, 2.05) is 20.8 Å². The van der Waals surface area contributed by atoms with E-state index in [0.29, 0.717) is 0 Å². The summed E-state index contributed by atoms with van der Waals surface area (Å²) in [6.07, 6.45) is -0.479. The average Bonchev–Trinajstić information content (AvgIpc) is 2.49. The molecule has 0 aliphatic carbocycles. The van der Waals surface area contributed by atoms with Crippen molar-refractivity contribution < 1.29 is 14.3 Å². The standard InChI is InChI=1S/C16H30N2O3S/c1-10(11(17)19)18(13(20)21-14(2,3)4)12-15(5,6)9-22-16(12,7)8/h10,12H,9H2,1-8H3,(H2,17,19)/t10-,12?/m1/s1. The minimum Gasteiger partial charge on any atom is -0.444 e. The summed E-state index contributed by atoms with van der Waals surface area (Å²) in [5, 5.41) is 0. The highest BCUT2D eigenvalue weighted by atomic mass is 32.2. The molecule has 0 aromatic heterocycles. The quantitative estimate of drug-likeness (QED) is 0.863. The highest BCUT2D eigenvalue weighted by Crippen LogP contribution is 2.51. The molecule has 1 unspecified atom stereocenters. The van der Waals surface area contributed by atoms with Crippen LogP contribution in [-0.2, 0) is 9.53 Å². The van der Waals surface area contributed by atoms with Crippen LogP contribution < -0.4 is 5.73 Å². The van der Waals surface area contributed by atoms with Gasteiger partial charge in [0, 0.05) is 10.5 Å². The summed E-state index contributed by atoms with van der Waals surface area (Å²) < 4.78 is 5.36. The molecule has 0 saturated carbocycles. The second-order valence-corrected chi connectivity index (χ2v) is 9.88. The molecule has 5 nitrogen and oxygen atoms in total. The number of nitrogens with two attached hydrogens (primary N) is 1. The fourth-order valence-electron chi connectivity index (χ4n) is 3.12. The number of hydrogen-bond donors (Lipinski definition) is 1. The van der Waals surface area contributed by atoms with E-state index in [-0.39, 0.29) is 16.2 Å². The highest BCUT2D eigenvalue weighted by Gasteiger charge is 2.54. The normalized spacial score (nSPS) is 24.6. The molecular weight excluding hydrogens is 300 g/mol. The number of ether oxygens (including phenoxy) is 1. The van der Waals surface area contributed by atoms with Crippen molar-refractivity contribution in [3.63, 3.8) is 0 Å². The first-order valence-electron chi connectivity index (χ1n) is 7.63. The van der Waals surface area contributed by atoms with Crippen LogP contribution in [0.25, 0.3) is 0 Å². The lowest BCUT2D eigenvalue weighted by atomic mass is 9.78. The Morgan fingerprint density at radius 1 is 1.27 bits per heavy atom. The number of carbonyl (C=O) groups excluding carboxylic acids is 2. The summed E-state index contributed by atoms with van der Waals surface area (Å²) in [6.45, 7) is 15.5. The van der Waals surface area contributed by atoms with Gasteiger partial charge in [0.05, 0.1) is 6.04 Å². The summed E-state index contributed by atoms with van der Waals surface area (Å²) in [4.78, 5) is 26.1. The van der Waals surface area contributed by atoms with Gasteiger partial charge in [-0.25, -0.2) is 4.79 Å². The Morgan fingerprint density at radius 3 is 2.09 bits per heavy atom. The van der Waals surface area contributed by atoms with Crippen molar-refractivity contribution in [2.75, 3.05) is 5.75 Å². The zero-order valence-electron chi connectivity index (χ0n) is 15.0. The van der Waals surface area contributed by atoms with E-state index in [9.17, 15) is 9.59 Å². The van der Waals surface area contributed by atoms with E-state index in [4.69, 9.17) is 10.5 Å². The van der Waals surface area contributed by atoms with E-state index in [1.54, 1.807) is 23.6 Å². The number of amides is 2. The summed E-state index contributed by atoms with van der Waals surface area (Å²) in [5.41, 5.74) is 4.74. The molecule has 22 heavy (non-hydrogen) atoms. The molecule has 0 aromatic rings. The maximum Gasteiger partial charge on any atom is 0.411 e. The molecule has 1 aliphatic rings. The van der Waals surface area contributed by atoms with Gasteiger partial charge >= 0.3 is 6.09 Å². The monoisotopic (exact) mass is 330 g/mol. The minimum atomic E-state index is -0.711. The molecule has 0 spiro atoms. The number of nitrogens with zero attached hydrogens (tertiary/aromatic N) is 1. The van der Waals surface area contributed by atoms with Gasteiger partial charge < -0.3 is 10.5 Å². The van der Waals surface area contributed by atoms with Crippen molar-refractivity contribution in [2.24, 2.45) is 11.1 Å². The minimum absolute atomic E-state index is 0.130. The predicted octanol–water partition coefficient (Wildman–Crippen LogP) is 3.02. The Hall–Kier alpha value is -0.910. The van der Waals surface area contributed by atoms with Gasteiger partial charge in [-0.05, 0) is 47.0 Å². The lowest BCUT2D eigenvalue weighted by molar-refractivity contribution is -0.124. The molecule has 0 radical (unpaired) electrons. The van der Waals surface area contributed by atoms with E-state index in [0.717, 1.165) is 5.75 Å². The Bertz CT molecular complexity index is 439. The van der Waals surface area contributed by atoms with Crippen molar-refractivity contribution in [2.45, 2.75) is 77.8 Å². The molecule has 0 aromatic carbocycles. The van der Waals surface area contributed by atoms with E-state index in [2.05, 4.69) is 27.7 Å². The average molecular weight is 330 g/mol. The van der Waals surface area contributed by atoms with Crippen molar-refractivity contribution in [1.82, 2.24) is 4.90 Å². The first-order chi connectivity index (χ1) is 9.69. The summed E-state index contributed by atoms with van der Waals surface area (Å²) in [7, 11) is 0. The van der Waals surface area contributed by atoms with E-state index in [1.165, 1.54) is 0 Å². The molecule has 1 rings (SSSR count). The molecule has 2 amide bonds. The second kappa shape index (κ2) is 5.95. The second-order valence-electron chi connectivity index (χ2n) is 8.25. The van der Waals surface area contributed by atoms with Crippen molar-refractivity contribution in [3.8, 4) is 0 Å².